The number of morpholine rings is 1. The van der Waals surface area contributed by atoms with E-state index in [0.717, 1.165) is 31.2 Å². The molecule has 34 heavy (non-hydrogen) atoms. The van der Waals surface area contributed by atoms with E-state index in [4.69, 9.17) is 20.6 Å². The van der Waals surface area contributed by atoms with Crippen molar-refractivity contribution in [3.8, 4) is 12.3 Å². The van der Waals surface area contributed by atoms with Crippen LogP contribution in [0.3, 0.4) is 0 Å². The van der Waals surface area contributed by atoms with Gasteiger partial charge in [-0.15, -0.1) is 12.3 Å². The van der Waals surface area contributed by atoms with Crippen LogP contribution in [-0.2, 0) is 19.0 Å². The fourth-order valence-electron chi connectivity index (χ4n) is 4.40. The molecular weight excluding hydrogens is 432 g/mol. The molecular formula is C27H38N2O5. The van der Waals surface area contributed by atoms with Gasteiger partial charge in [0.1, 0.15) is 17.7 Å². The summed E-state index contributed by atoms with van der Waals surface area (Å²) in [5.41, 5.74) is 0.396. The molecule has 2 aliphatic heterocycles. The average Bonchev–Trinajstić information content (AvgIpc) is 3.24. The number of unbranched alkanes of at least 4 members (excludes halogenated alkanes) is 3. The van der Waals surface area contributed by atoms with Crippen molar-refractivity contribution in [1.29, 1.82) is 0 Å². The Balaban J connectivity index is 1.70. The zero-order valence-corrected chi connectivity index (χ0v) is 20.7. The third-order valence-electron chi connectivity index (χ3n) is 6.07. The lowest BCUT2D eigenvalue weighted by Gasteiger charge is -2.37. The van der Waals surface area contributed by atoms with Crippen LogP contribution in [0.15, 0.2) is 30.3 Å². The van der Waals surface area contributed by atoms with Gasteiger partial charge >= 0.3 is 6.09 Å². The highest BCUT2D eigenvalue weighted by molar-refractivity contribution is 5.87. The summed E-state index contributed by atoms with van der Waals surface area (Å²) in [5, 5.41) is 0. The van der Waals surface area contributed by atoms with Crippen LogP contribution in [0.25, 0.3) is 0 Å². The molecule has 0 spiro atoms. The first-order valence-electron chi connectivity index (χ1n) is 12.3. The van der Waals surface area contributed by atoms with Gasteiger partial charge in [0.05, 0.1) is 19.3 Å². The van der Waals surface area contributed by atoms with Gasteiger partial charge in [-0.3, -0.25) is 9.69 Å². The van der Waals surface area contributed by atoms with E-state index < -0.39 is 17.7 Å². The second kappa shape index (κ2) is 12.2. The summed E-state index contributed by atoms with van der Waals surface area (Å²) < 4.78 is 17.7. The van der Waals surface area contributed by atoms with Crippen molar-refractivity contribution in [2.75, 3.05) is 32.8 Å². The lowest BCUT2D eigenvalue weighted by atomic mass is 10.1. The van der Waals surface area contributed by atoms with Crippen LogP contribution in [0, 0.1) is 12.3 Å². The Bertz CT molecular complexity index is 845. The summed E-state index contributed by atoms with van der Waals surface area (Å²) in [6, 6.07) is 9.21. The smallest absolute Gasteiger partial charge is 0.411 e. The normalized spacial score (nSPS) is 22.9. The SMILES string of the molecule is C#CCCCCCO[C@@H]1CCN(C(=O)OC(C)(C)C)[C@@H]1C(=O)N1CCO[C@H](c2ccccc2)C1. The number of ether oxygens (including phenoxy) is 3. The van der Waals surface area contributed by atoms with Gasteiger partial charge in [-0.05, 0) is 45.6 Å². The molecule has 2 fully saturated rings. The van der Waals surface area contributed by atoms with Crippen LogP contribution < -0.4 is 0 Å². The number of rotatable bonds is 8. The number of hydrogen-bond acceptors (Lipinski definition) is 5. The molecule has 0 N–H and O–H groups in total. The lowest BCUT2D eigenvalue weighted by Crippen LogP contribution is -2.55. The summed E-state index contributed by atoms with van der Waals surface area (Å²) in [7, 11) is 0. The summed E-state index contributed by atoms with van der Waals surface area (Å²) in [4.78, 5) is 30.1. The average molecular weight is 471 g/mol. The first-order chi connectivity index (χ1) is 16.3. The maximum atomic E-state index is 13.8. The lowest BCUT2D eigenvalue weighted by molar-refractivity contribution is -0.147. The van der Waals surface area contributed by atoms with Gasteiger partial charge in [0, 0.05) is 26.1 Å². The molecule has 0 unspecified atom stereocenters. The highest BCUT2D eigenvalue weighted by Gasteiger charge is 2.46. The largest absolute Gasteiger partial charge is 0.444 e. The Hall–Kier alpha value is -2.56. The minimum Gasteiger partial charge on any atom is -0.444 e. The molecule has 0 aromatic heterocycles. The third-order valence-corrected chi connectivity index (χ3v) is 6.07. The number of hydrogen-bond donors (Lipinski definition) is 0. The molecule has 3 rings (SSSR count). The molecule has 3 atom stereocenters. The van der Waals surface area contributed by atoms with Crippen LogP contribution in [0.1, 0.15) is 64.5 Å². The molecule has 1 aromatic rings. The van der Waals surface area contributed by atoms with Crippen LogP contribution >= 0.6 is 0 Å². The molecule has 0 bridgehead atoms. The predicted octanol–water partition coefficient (Wildman–Crippen LogP) is 4.17. The second-order valence-corrected chi connectivity index (χ2v) is 9.89. The predicted molar refractivity (Wildman–Crippen MR) is 130 cm³/mol. The van der Waals surface area contributed by atoms with E-state index in [1.165, 1.54) is 0 Å². The molecule has 0 radical (unpaired) electrons. The topological polar surface area (TPSA) is 68.3 Å². The van der Waals surface area contributed by atoms with Crippen molar-refractivity contribution in [2.45, 2.75) is 76.7 Å². The van der Waals surface area contributed by atoms with Crippen molar-refractivity contribution in [3.05, 3.63) is 35.9 Å². The number of carbonyl (C=O) groups is 2. The van der Waals surface area contributed by atoms with Crippen LogP contribution in [0.5, 0.6) is 0 Å². The molecule has 7 heteroatoms. The zero-order valence-electron chi connectivity index (χ0n) is 20.7. The van der Waals surface area contributed by atoms with Gasteiger partial charge < -0.3 is 19.1 Å². The fraction of sp³-hybridized carbons (Fsp3) is 0.630. The van der Waals surface area contributed by atoms with E-state index in [1.807, 2.05) is 51.1 Å². The van der Waals surface area contributed by atoms with E-state index in [1.54, 1.807) is 9.80 Å². The van der Waals surface area contributed by atoms with Gasteiger partial charge in [-0.25, -0.2) is 4.79 Å². The highest BCUT2D eigenvalue weighted by Crippen LogP contribution is 2.28. The Morgan fingerprint density at radius 3 is 2.62 bits per heavy atom. The van der Waals surface area contributed by atoms with Gasteiger partial charge in [0.25, 0.3) is 0 Å². The zero-order chi connectivity index (χ0) is 24.6. The number of amides is 2. The summed E-state index contributed by atoms with van der Waals surface area (Å²) >= 11 is 0. The van der Waals surface area contributed by atoms with Crippen molar-refractivity contribution in [2.24, 2.45) is 0 Å². The van der Waals surface area contributed by atoms with Crippen molar-refractivity contribution in [3.63, 3.8) is 0 Å². The fourth-order valence-corrected chi connectivity index (χ4v) is 4.40. The summed E-state index contributed by atoms with van der Waals surface area (Å²) in [6.45, 7) is 7.83. The molecule has 7 nitrogen and oxygen atoms in total. The maximum Gasteiger partial charge on any atom is 0.411 e. The Morgan fingerprint density at radius 1 is 1.15 bits per heavy atom. The molecule has 2 aliphatic rings. The molecule has 2 heterocycles. The molecule has 0 saturated carbocycles. The summed E-state index contributed by atoms with van der Waals surface area (Å²) in [6.07, 6.45) is 8.48. The van der Waals surface area contributed by atoms with Gasteiger partial charge in [0.2, 0.25) is 5.91 Å². The molecule has 2 amide bonds. The number of carbonyl (C=O) groups excluding carboxylic acids is 2. The Labute approximate surface area is 203 Å². The minimum absolute atomic E-state index is 0.107. The van der Waals surface area contributed by atoms with E-state index in [0.29, 0.717) is 39.3 Å². The van der Waals surface area contributed by atoms with Crippen molar-refractivity contribution in [1.82, 2.24) is 9.80 Å². The first kappa shape index (κ1) is 26.1. The van der Waals surface area contributed by atoms with Crippen molar-refractivity contribution >= 4 is 12.0 Å². The highest BCUT2D eigenvalue weighted by atomic mass is 16.6. The Morgan fingerprint density at radius 2 is 1.91 bits per heavy atom. The molecule has 1 aromatic carbocycles. The van der Waals surface area contributed by atoms with E-state index >= 15 is 0 Å². The first-order valence-corrected chi connectivity index (χ1v) is 12.3. The quantitative estimate of drug-likeness (QED) is 0.421. The number of nitrogens with zero attached hydrogens (tertiary/aromatic N) is 2. The van der Waals surface area contributed by atoms with Crippen LogP contribution in [0.2, 0.25) is 0 Å². The van der Waals surface area contributed by atoms with Crippen LogP contribution in [-0.4, -0.2) is 72.4 Å². The summed E-state index contributed by atoms with van der Waals surface area (Å²) in [5.74, 6) is 2.54. The maximum absolute atomic E-state index is 13.8. The second-order valence-electron chi connectivity index (χ2n) is 9.89. The van der Waals surface area contributed by atoms with Gasteiger partial charge in [-0.2, -0.15) is 0 Å². The molecule has 186 valence electrons. The van der Waals surface area contributed by atoms with Gasteiger partial charge in [0.15, 0.2) is 0 Å². The van der Waals surface area contributed by atoms with E-state index in [-0.39, 0.29) is 18.1 Å². The number of benzene rings is 1. The number of likely N-dealkylation sites (tertiary alicyclic amines) is 1. The molecule has 0 aliphatic carbocycles. The van der Waals surface area contributed by atoms with Crippen LogP contribution in [0.4, 0.5) is 4.79 Å². The number of terminal acetylenes is 1. The van der Waals surface area contributed by atoms with Crippen molar-refractivity contribution < 1.29 is 23.8 Å². The minimum atomic E-state index is -0.699. The monoisotopic (exact) mass is 470 g/mol. The van der Waals surface area contributed by atoms with E-state index in [9.17, 15) is 9.59 Å². The van der Waals surface area contributed by atoms with Gasteiger partial charge in [-0.1, -0.05) is 36.8 Å². The standard InChI is InChI=1S/C27H38N2O5/c1-5-6-7-8-12-18-32-22-15-16-29(26(31)34-27(2,3)4)24(22)25(30)28-17-19-33-23(20-28)21-13-10-9-11-14-21/h1,9-11,13-14,22-24H,6-8,12,15-20H2,2-4H3/t22-,23+,24+/m1/s1. The molecule has 2 saturated heterocycles. The van der Waals surface area contributed by atoms with E-state index in [2.05, 4.69) is 5.92 Å². The Kier molecular flexibility index (Phi) is 9.37. The third kappa shape index (κ3) is 7.22.